The summed E-state index contributed by atoms with van der Waals surface area (Å²) >= 11 is 7.23. The van der Waals surface area contributed by atoms with Crippen LogP contribution in [0.5, 0.6) is 0 Å². The van der Waals surface area contributed by atoms with Crippen molar-refractivity contribution in [1.29, 1.82) is 0 Å². The molecule has 18 aromatic carbocycles. The molecule has 0 atom stereocenters. The number of benzene rings is 18. The van der Waals surface area contributed by atoms with Crippen LogP contribution in [-0.2, 0) is 0 Å². The third kappa shape index (κ3) is 11.0. The number of fused-ring (bicyclic) bond motifs is 30. The Morgan fingerprint density at radius 3 is 0.969 bits per heavy atom. The molecule has 12 aromatic heterocycles. The van der Waals surface area contributed by atoms with E-state index in [1.165, 1.54) is 135 Å². The fourth-order valence-electron chi connectivity index (χ4n) is 20.1. The fraction of sp³-hybridized carbons (Fsp3) is 0. The summed E-state index contributed by atoms with van der Waals surface area (Å²) in [6, 6.07) is 135. The summed E-state index contributed by atoms with van der Waals surface area (Å²) in [5, 5.41) is 24.9. The van der Waals surface area contributed by atoms with E-state index in [2.05, 4.69) is 359 Å². The van der Waals surface area contributed by atoms with Crippen molar-refractivity contribution in [2.24, 2.45) is 0 Å². The van der Waals surface area contributed by atoms with Crippen LogP contribution in [0.4, 0.5) is 0 Å². The zero-order chi connectivity index (χ0) is 84.2. The highest BCUT2D eigenvalue weighted by atomic mass is 32.1. The summed E-state index contributed by atoms with van der Waals surface area (Å²) in [4.78, 5) is 32.1. The van der Waals surface area contributed by atoms with Gasteiger partial charge in [0.25, 0.3) is 0 Å². The van der Waals surface area contributed by atoms with Crippen LogP contribution in [0, 0.1) is 0 Å². The van der Waals surface area contributed by atoms with Crippen molar-refractivity contribution in [1.82, 2.24) is 43.6 Å². The standard InChI is InChI=1S/2C38H21N3OS.C38H21N3S2/c1-2-11-23-21-31-29(20-22(23)10-1)24-12-3-6-17-30(24)41(31)38-39-34-27-14-4-7-18-32(27)42-36(34)35(40-38)28-16-9-15-26-25-13-5-8-19-33(25)43-37(26)28;1-2-11-23-21-30-28(20-22(23)10-1)24-12-3-6-16-29(24)41(30)38-39-35-25-13-4-7-17-31(25)42-37(35)36(40-38)27-15-9-19-33-34(27)26-14-5-8-18-32(26)43-33;1-2-11-23-21-30-28(20-22(23)10-1)24-12-3-6-16-29(24)41(30)38-39-35-26-14-5-8-18-32(26)43-37(35)36(40-38)27-15-9-19-33-34(27)25-13-4-7-17-31(25)42-33/h3*1-21H. The van der Waals surface area contributed by atoms with E-state index in [9.17, 15) is 0 Å². The maximum absolute atomic E-state index is 6.55. The summed E-state index contributed by atoms with van der Waals surface area (Å²) in [5.74, 6) is 1.96. The molecule has 11 nitrogen and oxygen atoms in total. The lowest BCUT2D eigenvalue weighted by atomic mass is 10.0. The summed E-state index contributed by atoms with van der Waals surface area (Å²) in [5.41, 5.74) is 18.1. The highest BCUT2D eigenvalue weighted by Crippen LogP contribution is 2.50. The van der Waals surface area contributed by atoms with Gasteiger partial charge in [-0.3, -0.25) is 13.7 Å². The molecule has 30 aromatic rings. The molecule has 0 saturated carbocycles. The highest BCUT2D eigenvalue weighted by Gasteiger charge is 2.29. The van der Waals surface area contributed by atoms with Crippen molar-refractivity contribution in [3.8, 4) is 51.6 Å². The maximum Gasteiger partial charge on any atom is 0.236 e. The Kier molecular flexibility index (Phi) is 15.8. The van der Waals surface area contributed by atoms with E-state index < -0.39 is 0 Å². The summed E-state index contributed by atoms with van der Waals surface area (Å²) in [7, 11) is 0. The molecule has 0 radical (unpaired) electrons. The number of nitrogens with zero attached hydrogens (tertiary/aromatic N) is 9. The fourth-order valence-corrected chi connectivity index (χ4v) is 24.7. The van der Waals surface area contributed by atoms with Gasteiger partial charge in [-0.1, -0.05) is 267 Å². The van der Waals surface area contributed by atoms with Gasteiger partial charge in [0, 0.05) is 130 Å². The first-order valence-corrected chi connectivity index (χ1v) is 46.3. The van der Waals surface area contributed by atoms with Crippen molar-refractivity contribution in [3.63, 3.8) is 0 Å². The largest absolute Gasteiger partial charge is 0.452 e. The number of hydrogen-bond acceptors (Lipinski definition) is 12. The van der Waals surface area contributed by atoms with Gasteiger partial charge in [0.05, 0.1) is 49.0 Å². The van der Waals surface area contributed by atoms with Gasteiger partial charge >= 0.3 is 0 Å². The molecule has 0 bridgehead atoms. The molecular formula is C114H63N9O2S4. The average Bonchev–Trinajstić information content (AvgIpc) is 1.58. The number of thiophene rings is 4. The lowest BCUT2D eigenvalue weighted by Gasteiger charge is -2.11. The van der Waals surface area contributed by atoms with Gasteiger partial charge < -0.3 is 8.83 Å². The van der Waals surface area contributed by atoms with E-state index in [1.807, 2.05) is 59.1 Å². The van der Waals surface area contributed by atoms with Crippen molar-refractivity contribution >= 4 is 268 Å². The van der Waals surface area contributed by atoms with Crippen LogP contribution in [0.15, 0.2) is 391 Å². The predicted molar refractivity (Wildman–Crippen MR) is 544 cm³/mol. The van der Waals surface area contributed by atoms with E-state index in [0.717, 1.165) is 110 Å². The Balaban J connectivity index is 0.0000000976. The Morgan fingerprint density at radius 2 is 0.504 bits per heavy atom. The zero-order valence-electron chi connectivity index (χ0n) is 68.3. The van der Waals surface area contributed by atoms with E-state index in [4.69, 9.17) is 38.7 Å². The second-order valence-corrected chi connectivity index (χ2v) is 37.3. The summed E-state index contributed by atoms with van der Waals surface area (Å²) in [6.07, 6.45) is 0. The molecule has 12 heterocycles. The van der Waals surface area contributed by atoms with Gasteiger partial charge in [0.15, 0.2) is 11.2 Å². The number of furan rings is 2. The molecule has 0 unspecified atom stereocenters. The van der Waals surface area contributed by atoms with Crippen LogP contribution >= 0.6 is 45.3 Å². The van der Waals surface area contributed by atoms with Crippen molar-refractivity contribution < 1.29 is 8.83 Å². The zero-order valence-corrected chi connectivity index (χ0v) is 71.6. The second-order valence-electron chi connectivity index (χ2n) is 33.0. The van der Waals surface area contributed by atoms with Crippen LogP contribution in [0.25, 0.3) is 274 Å². The molecule has 0 saturated heterocycles. The van der Waals surface area contributed by atoms with E-state index in [0.29, 0.717) is 29.0 Å². The summed E-state index contributed by atoms with van der Waals surface area (Å²) < 4.78 is 29.6. The maximum atomic E-state index is 6.55. The molecule has 0 fully saturated rings. The Bertz CT molecular complexity index is 9660. The van der Waals surface area contributed by atoms with Gasteiger partial charge in [-0.25, -0.2) is 29.9 Å². The van der Waals surface area contributed by atoms with E-state index >= 15 is 0 Å². The molecule has 0 aliphatic rings. The lowest BCUT2D eigenvalue weighted by Crippen LogP contribution is -2.03. The number of para-hydroxylation sites is 5. The van der Waals surface area contributed by atoms with Crippen LogP contribution in [-0.4, -0.2) is 43.6 Å². The molecule has 0 aliphatic heterocycles. The van der Waals surface area contributed by atoms with Crippen molar-refractivity contribution in [2.45, 2.75) is 0 Å². The van der Waals surface area contributed by atoms with E-state index in [-0.39, 0.29) is 0 Å². The van der Waals surface area contributed by atoms with Gasteiger partial charge in [0.2, 0.25) is 17.8 Å². The van der Waals surface area contributed by atoms with Crippen molar-refractivity contribution in [2.75, 3.05) is 0 Å². The second kappa shape index (κ2) is 28.2. The van der Waals surface area contributed by atoms with E-state index in [1.54, 1.807) is 22.7 Å². The first-order valence-electron chi connectivity index (χ1n) is 43.0. The third-order valence-corrected chi connectivity index (χ3v) is 30.5. The van der Waals surface area contributed by atoms with Gasteiger partial charge in [0.1, 0.15) is 33.6 Å². The molecule has 600 valence electrons. The topological polar surface area (TPSA) is 118 Å². The molecular weight excluding hydrogens is 1660 g/mol. The highest BCUT2D eigenvalue weighted by molar-refractivity contribution is 7.27. The lowest BCUT2D eigenvalue weighted by molar-refractivity contribution is 0.666. The molecule has 15 heteroatoms. The minimum absolute atomic E-state index is 0.632. The molecule has 0 spiro atoms. The Labute approximate surface area is 748 Å². The molecule has 129 heavy (non-hydrogen) atoms. The van der Waals surface area contributed by atoms with Gasteiger partial charge in [-0.15, -0.1) is 45.3 Å². The van der Waals surface area contributed by atoms with Crippen LogP contribution < -0.4 is 0 Å². The monoisotopic (exact) mass is 1720 g/mol. The molecule has 0 amide bonds. The smallest absolute Gasteiger partial charge is 0.236 e. The first kappa shape index (κ1) is 72.2. The first-order chi connectivity index (χ1) is 63.9. The predicted octanol–water partition coefficient (Wildman–Crippen LogP) is 32.5. The number of aromatic nitrogens is 9. The third-order valence-electron chi connectivity index (χ3n) is 25.8. The molecule has 0 N–H and O–H groups in total. The molecule has 0 aliphatic carbocycles. The van der Waals surface area contributed by atoms with Crippen LogP contribution in [0.1, 0.15) is 0 Å². The Morgan fingerprint density at radius 1 is 0.194 bits per heavy atom. The normalized spacial score (nSPS) is 12.2. The summed E-state index contributed by atoms with van der Waals surface area (Å²) in [6.45, 7) is 0. The minimum atomic E-state index is 0.632. The SMILES string of the molecule is c1ccc2cc3c(cc2c1)c1ccccc1n3-c1nc(-c2cccc3c2sc2ccccc23)c2oc3ccccc3c2n1.c1ccc2cc3c(cc2c1)c1ccccc1n3-c1nc(-c2cccc3sc4ccccc4c23)c2oc3ccccc3c2n1.c1ccc2cc3c(cc2c1)c1ccccc1n3-c1nc(-c2cccc3sc4ccccc4c23)c2sc3ccccc3c2n1. The van der Waals surface area contributed by atoms with Crippen LogP contribution in [0.2, 0.25) is 0 Å². The minimum Gasteiger partial charge on any atom is -0.452 e. The average molecular weight is 1720 g/mol. The quantitative estimate of drug-likeness (QED) is 0.162. The van der Waals surface area contributed by atoms with Crippen molar-refractivity contribution in [3.05, 3.63) is 382 Å². The van der Waals surface area contributed by atoms with Gasteiger partial charge in [-0.05, 0) is 148 Å². The number of hydrogen-bond donors (Lipinski definition) is 0. The molecule has 30 rings (SSSR count). The number of rotatable bonds is 6. The Hall–Kier alpha value is -16.1. The van der Waals surface area contributed by atoms with Crippen LogP contribution in [0.3, 0.4) is 0 Å². The van der Waals surface area contributed by atoms with Gasteiger partial charge in [-0.2, -0.15) is 0 Å².